The Balaban J connectivity index is 2.22. The SMILES string of the molecule is CC(C)(CCCN)CNC(=O)CC1CCCCCC1. The molecule has 0 heterocycles. The Bertz CT molecular complexity index is 255. The Morgan fingerprint density at radius 3 is 2.42 bits per heavy atom. The van der Waals surface area contributed by atoms with Gasteiger partial charge in [-0.2, -0.15) is 0 Å². The highest BCUT2D eigenvalue weighted by atomic mass is 16.1. The fraction of sp³-hybridized carbons (Fsp3) is 0.938. The summed E-state index contributed by atoms with van der Waals surface area (Å²) >= 11 is 0. The fourth-order valence-electron chi connectivity index (χ4n) is 2.91. The van der Waals surface area contributed by atoms with Crippen molar-refractivity contribution in [1.82, 2.24) is 5.32 Å². The van der Waals surface area contributed by atoms with Gasteiger partial charge in [0.2, 0.25) is 5.91 Å². The summed E-state index contributed by atoms with van der Waals surface area (Å²) < 4.78 is 0. The number of amides is 1. The van der Waals surface area contributed by atoms with Crippen LogP contribution in [-0.4, -0.2) is 19.0 Å². The lowest BCUT2D eigenvalue weighted by atomic mass is 9.87. The molecule has 0 atom stereocenters. The van der Waals surface area contributed by atoms with Gasteiger partial charge in [-0.25, -0.2) is 0 Å². The van der Waals surface area contributed by atoms with E-state index < -0.39 is 0 Å². The number of rotatable bonds is 7. The van der Waals surface area contributed by atoms with Crippen molar-refractivity contribution < 1.29 is 4.79 Å². The maximum absolute atomic E-state index is 12.0. The van der Waals surface area contributed by atoms with Crippen LogP contribution in [0.5, 0.6) is 0 Å². The summed E-state index contributed by atoms with van der Waals surface area (Å²) in [5, 5.41) is 3.12. The molecule has 0 aliphatic heterocycles. The van der Waals surface area contributed by atoms with Crippen molar-refractivity contribution in [3.05, 3.63) is 0 Å². The summed E-state index contributed by atoms with van der Waals surface area (Å²) in [6.45, 7) is 5.92. The summed E-state index contributed by atoms with van der Waals surface area (Å²) in [5.41, 5.74) is 5.71. The second-order valence-electron chi connectivity index (χ2n) is 6.89. The highest BCUT2D eigenvalue weighted by molar-refractivity contribution is 5.76. The molecule has 1 rings (SSSR count). The van der Waals surface area contributed by atoms with Gasteiger partial charge < -0.3 is 11.1 Å². The third-order valence-electron chi connectivity index (χ3n) is 4.27. The van der Waals surface area contributed by atoms with Gasteiger partial charge in [-0.1, -0.05) is 39.5 Å². The number of nitrogens with two attached hydrogens (primary N) is 1. The van der Waals surface area contributed by atoms with Crippen molar-refractivity contribution in [3.63, 3.8) is 0 Å². The van der Waals surface area contributed by atoms with Crippen LogP contribution in [0.15, 0.2) is 0 Å². The number of carbonyl (C=O) groups excluding carboxylic acids is 1. The molecular formula is C16H32N2O. The topological polar surface area (TPSA) is 55.1 Å². The van der Waals surface area contributed by atoms with Crippen molar-refractivity contribution >= 4 is 5.91 Å². The molecule has 0 spiro atoms. The van der Waals surface area contributed by atoms with E-state index in [1.54, 1.807) is 0 Å². The molecule has 0 aromatic rings. The van der Waals surface area contributed by atoms with E-state index >= 15 is 0 Å². The zero-order valence-corrected chi connectivity index (χ0v) is 12.8. The van der Waals surface area contributed by atoms with Gasteiger partial charge in [0.05, 0.1) is 0 Å². The smallest absolute Gasteiger partial charge is 0.220 e. The van der Waals surface area contributed by atoms with Crippen molar-refractivity contribution in [3.8, 4) is 0 Å². The predicted molar refractivity (Wildman–Crippen MR) is 80.9 cm³/mol. The first kappa shape index (κ1) is 16.5. The summed E-state index contributed by atoms with van der Waals surface area (Å²) in [5.74, 6) is 0.863. The van der Waals surface area contributed by atoms with E-state index in [0.29, 0.717) is 5.92 Å². The average molecular weight is 268 g/mol. The molecule has 1 aliphatic rings. The second-order valence-corrected chi connectivity index (χ2v) is 6.89. The summed E-state index contributed by atoms with van der Waals surface area (Å²) in [4.78, 5) is 12.0. The summed E-state index contributed by atoms with van der Waals surface area (Å²) in [6, 6.07) is 0. The Kier molecular flexibility index (Phi) is 7.44. The molecule has 0 radical (unpaired) electrons. The monoisotopic (exact) mass is 268 g/mol. The molecule has 0 aromatic carbocycles. The minimum Gasteiger partial charge on any atom is -0.356 e. The van der Waals surface area contributed by atoms with Gasteiger partial charge in [-0.3, -0.25) is 4.79 Å². The summed E-state index contributed by atoms with van der Waals surface area (Å²) in [7, 11) is 0. The quantitative estimate of drug-likeness (QED) is 0.697. The van der Waals surface area contributed by atoms with E-state index in [9.17, 15) is 4.79 Å². The fourth-order valence-corrected chi connectivity index (χ4v) is 2.91. The van der Waals surface area contributed by atoms with Crippen LogP contribution in [0.3, 0.4) is 0 Å². The highest BCUT2D eigenvalue weighted by Crippen LogP contribution is 2.25. The van der Waals surface area contributed by atoms with Gasteiger partial charge in [-0.05, 0) is 43.6 Å². The normalized spacial score (nSPS) is 18.1. The third kappa shape index (κ3) is 7.56. The van der Waals surface area contributed by atoms with Crippen molar-refractivity contribution in [2.45, 2.75) is 71.6 Å². The van der Waals surface area contributed by atoms with Crippen LogP contribution in [0.25, 0.3) is 0 Å². The van der Waals surface area contributed by atoms with Crippen LogP contribution >= 0.6 is 0 Å². The lowest BCUT2D eigenvalue weighted by Gasteiger charge is -2.25. The van der Waals surface area contributed by atoms with Crippen molar-refractivity contribution in [2.75, 3.05) is 13.1 Å². The van der Waals surface area contributed by atoms with Crippen LogP contribution in [-0.2, 0) is 4.79 Å². The average Bonchev–Trinajstić information content (AvgIpc) is 2.63. The van der Waals surface area contributed by atoms with Gasteiger partial charge in [-0.15, -0.1) is 0 Å². The Hall–Kier alpha value is -0.570. The molecule has 0 unspecified atom stereocenters. The van der Waals surface area contributed by atoms with Crippen LogP contribution in [0.1, 0.15) is 71.6 Å². The molecular weight excluding hydrogens is 236 g/mol. The highest BCUT2D eigenvalue weighted by Gasteiger charge is 2.20. The lowest BCUT2D eigenvalue weighted by Crippen LogP contribution is -2.35. The first-order chi connectivity index (χ1) is 9.03. The molecule has 0 bridgehead atoms. The minimum absolute atomic E-state index is 0.165. The molecule has 0 aromatic heterocycles. The molecule has 1 aliphatic carbocycles. The maximum Gasteiger partial charge on any atom is 0.220 e. The molecule has 1 amide bonds. The maximum atomic E-state index is 12.0. The minimum atomic E-state index is 0.165. The van der Waals surface area contributed by atoms with Gasteiger partial charge in [0.15, 0.2) is 0 Å². The molecule has 1 saturated carbocycles. The molecule has 3 heteroatoms. The number of hydrogen-bond donors (Lipinski definition) is 2. The van der Waals surface area contributed by atoms with Gasteiger partial charge in [0.25, 0.3) is 0 Å². The van der Waals surface area contributed by atoms with E-state index in [0.717, 1.165) is 32.4 Å². The standard InChI is InChI=1S/C16H32N2O/c1-16(2,10-7-11-17)13-18-15(19)12-14-8-5-3-4-6-9-14/h14H,3-13,17H2,1-2H3,(H,18,19). The van der Waals surface area contributed by atoms with Crippen LogP contribution in [0.4, 0.5) is 0 Å². The molecule has 0 saturated heterocycles. The van der Waals surface area contributed by atoms with Crippen molar-refractivity contribution in [1.29, 1.82) is 0 Å². The van der Waals surface area contributed by atoms with E-state index in [4.69, 9.17) is 5.73 Å². The summed E-state index contributed by atoms with van der Waals surface area (Å²) in [6.07, 6.45) is 10.6. The van der Waals surface area contributed by atoms with E-state index in [1.165, 1.54) is 38.5 Å². The number of nitrogens with one attached hydrogen (secondary N) is 1. The Labute approximate surface area is 118 Å². The molecule has 3 N–H and O–H groups in total. The predicted octanol–water partition coefficient (Wildman–Crippen LogP) is 3.23. The molecule has 112 valence electrons. The van der Waals surface area contributed by atoms with Gasteiger partial charge in [0, 0.05) is 13.0 Å². The largest absolute Gasteiger partial charge is 0.356 e. The van der Waals surface area contributed by atoms with Crippen LogP contribution in [0, 0.1) is 11.3 Å². The first-order valence-electron chi connectivity index (χ1n) is 8.00. The van der Waals surface area contributed by atoms with Crippen LogP contribution in [0.2, 0.25) is 0 Å². The second kappa shape index (κ2) is 8.57. The third-order valence-corrected chi connectivity index (χ3v) is 4.27. The van der Waals surface area contributed by atoms with E-state index in [1.807, 2.05) is 0 Å². The van der Waals surface area contributed by atoms with Gasteiger partial charge in [0.1, 0.15) is 0 Å². The number of carbonyl (C=O) groups is 1. The first-order valence-corrected chi connectivity index (χ1v) is 8.00. The molecule has 3 nitrogen and oxygen atoms in total. The van der Waals surface area contributed by atoms with E-state index in [2.05, 4.69) is 19.2 Å². The van der Waals surface area contributed by atoms with Crippen LogP contribution < -0.4 is 11.1 Å². The Morgan fingerprint density at radius 2 is 1.84 bits per heavy atom. The van der Waals surface area contributed by atoms with Gasteiger partial charge >= 0.3 is 0 Å². The zero-order valence-electron chi connectivity index (χ0n) is 12.8. The number of hydrogen-bond acceptors (Lipinski definition) is 2. The molecule has 1 fully saturated rings. The zero-order chi connectivity index (χ0) is 14.1. The molecule has 19 heavy (non-hydrogen) atoms. The van der Waals surface area contributed by atoms with E-state index in [-0.39, 0.29) is 11.3 Å². The Morgan fingerprint density at radius 1 is 1.21 bits per heavy atom. The van der Waals surface area contributed by atoms with Crippen molar-refractivity contribution in [2.24, 2.45) is 17.1 Å². The lowest BCUT2D eigenvalue weighted by molar-refractivity contribution is -0.122.